The van der Waals surface area contributed by atoms with Crippen molar-refractivity contribution in [3.8, 4) is 5.75 Å². The minimum Gasteiger partial charge on any atom is -0.496 e. The zero-order valence-corrected chi connectivity index (χ0v) is 17.1. The highest BCUT2D eigenvalue weighted by molar-refractivity contribution is 5.94. The number of amides is 1. The molecule has 1 fully saturated rings. The number of pyridine rings is 1. The van der Waals surface area contributed by atoms with Crippen molar-refractivity contribution in [1.82, 2.24) is 19.9 Å². The molecule has 1 saturated heterocycles. The Labute approximate surface area is 175 Å². The van der Waals surface area contributed by atoms with E-state index in [0.717, 1.165) is 24.5 Å². The molecule has 1 amide bonds. The van der Waals surface area contributed by atoms with E-state index >= 15 is 0 Å². The lowest BCUT2D eigenvalue weighted by atomic mass is 10.0. The number of anilines is 1. The fourth-order valence-corrected chi connectivity index (χ4v) is 3.56. The second-order valence-electron chi connectivity index (χ2n) is 7.05. The van der Waals surface area contributed by atoms with E-state index in [4.69, 9.17) is 9.47 Å². The molecule has 8 nitrogen and oxygen atoms in total. The lowest BCUT2D eigenvalue weighted by Gasteiger charge is -2.27. The highest BCUT2D eigenvalue weighted by Crippen LogP contribution is 2.29. The van der Waals surface area contributed by atoms with Gasteiger partial charge in [0.1, 0.15) is 23.4 Å². The number of imidazole rings is 1. The third-order valence-corrected chi connectivity index (χ3v) is 5.19. The third-order valence-electron chi connectivity index (χ3n) is 5.19. The van der Waals surface area contributed by atoms with E-state index in [0.29, 0.717) is 30.4 Å². The van der Waals surface area contributed by atoms with Crippen LogP contribution >= 0.6 is 0 Å². The number of benzene rings is 1. The summed E-state index contributed by atoms with van der Waals surface area (Å²) in [7, 11) is 3.51. The lowest BCUT2D eigenvalue weighted by molar-refractivity contribution is 0.0940. The fourth-order valence-electron chi connectivity index (χ4n) is 3.56. The van der Waals surface area contributed by atoms with Gasteiger partial charge in [-0.2, -0.15) is 0 Å². The molecule has 2 aromatic heterocycles. The summed E-state index contributed by atoms with van der Waals surface area (Å²) in [5.74, 6) is 2.02. The van der Waals surface area contributed by atoms with Crippen LogP contribution in [0.5, 0.6) is 5.75 Å². The second kappa shape index (κ2) is 8.96. The van der Waals surface area contributed by atoms with Gasteiger partial charge in [0.05, 0.1) is 25.9 Å². The third kappa shape index (κ3) is 4.13. The number of nitrogens with zero attached hydrogens (tertiary/aromatic N) is 4. The van der Waals surface area contributed by atoms with E-state index in [9.17, 15) is 4.79 Å². The number of nitrogens with one attached hydrogen (secondary N) is 1. The van der Waals surface area contributed by atoms with Gasteiger partial charge in [-0.15, -0.1) is 0 Å². The van der Waals surface area contributed by atoms with Crippen molar-refractivity contribution in [1.29, 1.82) is 0 Å². The summed E-state index contributed by atoms with van der Waals surface area (Å²) in [5.41, 5.74) is 1.32. The first-order valence-electron chi connectivity index (χ1n) is 9.87. The molecule has 1 aromatic carbocycles. The minimum absolute atomic E-state index is 0.227. The molecular weight excluding hydrogens is 382 g/mol. The number of morpholine rings is 1. The van der Waals surface area contributed by atoms with Crippen LogP contribution in [0.2, 0.25) is 0 Å². The second-order valence-corrected chi connectivity index (χ2v) is 7.05. The summed E-state index contributed by atoms with van der Waals surface area (Å²) in [6.45, 7) is 2.98. The van der Waals surface area contributed by atoms with Crippen LogP contribution in [-0.4, -0.2) is 53.9 Å². The van der Waals surface area contributed by atoms with Gasteiger partial charge in [0.2, 0.25) is 0 Å². The summed E-state index contributed by atoms with van der Waals surface area (Å²) in [4.78, 5) is 24.1. The standard InChI is InChI=1S/C22H25N5O3/c1-26-10-9-23-21(26)20(17-5-3-4-6-18(17)29-2)25-22(28)16-7-8-19(24-15-16)27-11-13-30-14-12-27/h3-10,15,20H,11-14H2,1-2H3,(H,25,28)/t20-/m0/s1. The molecule has 1 N–H and O–H groups in total. The number of hydrogen-bond acceptors (Lipinski definition) is 6. The van der Waals surface area contributed by atoms with Crippen molar-refractivity contribution >= 4 is 11.7 Å². The van der Waals surface area contributed by atoms with Crippen molar-refractivity contribution in [3.63, 3.8) is 0 Å². The highest BCUT2D eigenvalue weighted by atomic mass is 16.5. The fraction of sp³-hybridized carbons (Fsp3) is 0.318. The normalized spacial score (nSPS) is 14.9. The summed E-state index contributed by atoms with van der Waals surface area (Å²) < 4.78 is 12.8. The Morgan fingerprint density at radius 1 is 1.17 bits per heavy atom. The number of hydrogen-bond donors (Lipinski definition) is 1. The Kier molecular flexibility index (Phi) is 5.94. The molecule has 0 aliphatic carbocycles. The smallest absolute Gasteiger partial charge is 0.253 e. The van der Waals surface area contributed by atoms with Gasteiger partial charge in [-0.1, -0.05) is 18.2 Å². The van der Waals surface area contributed by atoms with E-state index in [-0.39, 0.29) is 5.91 Å². The number of ether oxygens (including phenoxy) is 2. The molecule has 0 saturated carbocycles. The van der Waals surface area contributed by atoms with Crippen LogP contribution < -0.4 is 15.0 Å². The zero-order valence-electron chi connectivity index (χ0n) is 17.1. The van der Waals surface area contributed by atoms with Crippen LogP contribution in [0.1, 0.15) is 27.8 Å². The van der Waals surface area contributed by atoms with E-state index in [1.165, 1.54) is 0 Å². The molecule has 3 aromatic rings. The van der Waals surface area contributed by atoms with Gasteiger partial charge in [0, 0.05) is 44.3 Å². The van der Waals surface area contributed by atoms with Crippen molar-refractivity contribution in [3.05, 3.63) is 71.9 Å². The Bertz CT molecular complexity index is 996. The molecule has 0 radical (unpaired) electrons. The Morgan fingerprint density at radius 3 is 2.63 bits per heavy atom. The van der Waals surface area contributed by atoms with Gasteiger partial charge in [-0.05, 0) is 18.2 Å². The first kappa shape index (κ1) is 19.9. The number of aryl methyl sites for hydroxylation is 1. The average Bonchev–Trinajstić information content (AvgIpc) is 3.23. The molecular formula is C22H25N5O3. The van der Waals surface area contributed by atoms with Crippen LogP contribution in [0.25, 0.3) is 0 Å². The van der Waals surface area contributed by atoms with Gasteiger partial charge in [0.15, 0.2) is 0 Å². The quantitative estimate of drug-likeness (QED) is 0.675. The van der Waals surface area contributed by atoms with E-state index in [1.807, 2.05) is 48.1 Å². The summed E-state index contributed by atoms with van der Waals surface area (Å²) in [5, 5.41) is 3.09. The highest BCUT2D eigenvalue weighted by Gasteiger charge is 2.24. The molecule has 0 unspecified atom stereocenters. The number of para-hydroxylation sites is 1. The Balaban J connectivity index is 1.58. The first-order chi connectivity index (χ1) is 14.7. The van der Waals surface area contributed by atoms with Gasteiger partial charge < -0.3 is 24.3 Å². The molecule has 3 heterocycles. The van der Waals surface area contributed by atoms with Crippen LogP contribution in [-0.2, 0) is 11.8 Å². The molecule has 1 atom stereocenters. The number of aromatic nitrogens is 3. The predicted molar refractivity (Wildman–Crippen MR) is 113 cm³/mol. The summed E-state index contributed by atoms with van der Waals surface area (Å²) >= 11 is 0. The van der Waals surface area contributed by atoms with E-state index in [1.54, 1.807) is 25.6 Å². The number of rotatable bonds is 6. The molecule has 1 aliphatic rings. The van der Waals surface area contributed by atoms with E-state index in [2.05, 4.69) is 20.2 Å². The number of methoxy groups -OCH3 is 1. The summed E-state index contributed by atoms with van der Waals surface area (Å²) in [6.07, 6.45) is 5.17. The van der Waals surface area contributed by atoms with Crippen molar-refractivity contribution in [2.24, 2.45) is 7.05 Å². The average molecular weight is 407 g/mol. The number of carbonyl (C=O) groups excluding carboxylic acids is 1. The van der Waals surface area contributed by atoms with E-state index < -0.39 is 6.04 Å². The molecule has 1 aliphatic heterocycles. The SMILES string of the molecule is COc1ccccc1[C@H](NC(=O)c1ccc(N2CCOCC2)nc1)c1nccn1C. The van der Waals surface area contributed by atoms with Gasteiger partial charge in [-0.3, -0.25) is 4.79 Å². The monoisotopic (exact) mass is 407 g/mol. The predicted octanol–water partition coefficient (Wildman–Crippen LogP) is 2.18. The largest absolute Gasteiger partial charge is 0.496 e. The molecule has 8 heteroatoms. The molecule has 0 bridgehead atoms. The van der Waals surface area contributed by atoms with Gasteiger partial charge in [0.25, 0.3) is 5.91 Å². The summed E-state index contributed by atoms with van der Waals surface area (Å²) in [6, 6.07) is 10.8. The number of carbonyl (C=O) groups is 1. The van der Waals surface area contributed by atoms with Gasteiger partial charge >= 0.3 is 0 Å². The maximum atomic E-state index is 13.1. The van der Waals surface area contributed by atoms with Crippen molar-refractivity contribution in [2.75, 3.05) is 38.3 Å². The zero-order chi connectivity index (χ0) is 20.9. The molecule has 30 heavy (non-hydrogen) atoms. The van der Waals surface area contributed by atoms with Crippen LogP contribution in [0.15, 0.2) is 55.0 Å². The molecule has 0 spiro atoms. The van der Waals surface area contributed by atoms with Crippen LogP contribution in [0.3, 0.4) is 0 Å². The maximum Gasteiger partial charge on any atom is 0.253 e. The van der Waals surface area contributed by atoms with Crippen LogP contribution in [0, 0.1) is 0 Å². The molecule has 156 valence electrons. The van der Waals surface area contributed by atoms with Crippen LogP contribution in [0.4, 0.5) is 5.82 Å². The Hall–Kier alpha value is -3.39. The topological polar surface area (TPSA) is 81.5 Å². The maximum absolute atomic E-state index is 13.1. The Morgan fingerprint density at radius 2 is 1.97 bits per heavy atom. The minimum atomic E-state index is -0.465. The van der Waals surface area contributed by atoms with Crippen molar-refractivity contribution < 1.29 is 14.3 Å². The van der Waals surface area contributed by atoms with Gasteiger partial charge in [-0.25, -0.2) is 9.97 Å². The molecule has 4 rings (SSSR count). The lowest BCUT2D eigenvalue weighted by Crippen LogP contribution is -2.36. The van der Waals surface area contributed by atoms with Crippen molar-refractivity contribution in [2.45, 2.75) is 6.04 Å². The first-order valence-corrected chi connectivity index (χ1v) is 9.87.